The quantitative estimate of drug-likeness (QED) is 0.450. The fourth-order valence-electron chi connectivity index (χ4n) is 2.61. The molecule has 1 aromatic rings. The molecule has 1 aromatic carbocycles. The van der Waals surface area contributed by atoms with E-state index in [1.165, 1.54) is 0 Å². The first kappa shape index (κ1) is 14.7. The Hall–Kier alpha value is -2.26. The minimum Gasteiger partial charge on any atom is -0.462 e. The van der Waals surface area contributed by atoms with E-state index in [-0.39, 0.29) is 5.41 Å². The van der Waals surface area contributed by atoms with Gasteiger partial charge in [-0.15, -0.1) is 0 Å². The van der Waals surface area contributed by atoms with E-state index in [1.807, 2.05) is 20.8 Å². The Morgan fingerprint density at radius 1 is 1.32 bits per heavy atom. The highest BCUT2D eigenvalue weighted by Gasteiger charge is 2.50. The number of hydrogen-bond donors (Lipinski definition) is 0. The first-order valence-corrected chi connectivity index (χ1v) is 7.00. The molecule has 7 heteroatoms. The highest BCUT2D eigenvalue weighted by Crippen LogP contribution is 2.45. The molecule has 2 heterocycles. The summed E-state index contributed by atoms with van der Waals surface area (Å²) in [6.07, 6.45) is -1.61. The van der Waals surface area contributed by atoms with E-state index >= 15 is 0 Å². The smallest absolute Gasteiger partial charge is 0.229 e. The molecule has 1 fully saturated rings. The van der Waals surface area contributed by atoms with Crippen LogP contribution in [0.1, 0.15) is 37.9 Å². The maximum atomic E-state index is 9.04. The molecule has 22 heavy (non-hydrogen) atoms. The lowest BCUT2D eigenvalue weighted by Gasteiger charge is -2.30. The van der Waals surface area contributed by atoms with Crippen LogP contribution in [0.25, 0.3) is 10.4 Å². The van der Waals surface area contributed by atoms with Crippen molar-refractivity contribution in [2.75, 3.05) is 0 Å². The normalized spacial score (nSPS) is 29.5. The van der Waals surface area contributed by atoms with Gasteiger partial charge in [0.05, 0.1) is 17.7 Å². The number of nitriles is 1. The SMILES string of the molecule is CC(C)(C)C1OC2Oc3ccc(C#N)cc3C(N=[N+]=[N-])C2O1. The van der Waals surface area contributed by atoms with Crippen molar-refractivity contribution in [3.05, 3.63) is 39.8 Å². The number of nitrogens with zero attached hydrogens (tertiary/aromatic N) is 4. The molecule has 0 spiro atoms. The van der Waals surface area contributed by atoms with Gasteiger partial charge in [-0.1, -0.05) is 25.9 Å². The van der Waals surface area contributed by atoms with Crippen LogP contribution >= 0.6 is 0 Å². The van der Waals surface area contributed by atoms with Gasteiger partial charge in [-0.25, -0.2) is 0 Å². The Kier molecular flexibility index (Phi) is 3.45. The molecule has 0 aromatic heterocycles. The van der Waals surface area contributed by atoms with Gasteiger partial charge in [0.25, 0.3) is 0 Å². The molecule has 3 rings (SSSR count). The number of ether oxygens (including phenoxy) is 3. The second kappa shape index (κ2) is 5.18. The highest BCUT2D eigenvalue weighted by atomic mass is 16.8. The van der Waals surface area contributed by atoms with Crippen LogP contribution in [-0.4, -0.2) is 18.7 Å². The maximum Gasteiger partial charge on any atom is 0.229 e. The minimum atomic E-state index is -0.625. The van der Waals surface area contributed by atoms with Gasteiger partial charge >= 0.3 is 0 Å². The van der Waals surface area contributed by atoms with Gasteiger partial charge in [0, 0.05) is 15.9 Å². The molecular formula is C15H16N4O3. The van der Waals surface area contributed by atoms with E-state index in [9.17, 15) is 0 Å². The van der Waals surface area contributed by atoms with Gasteiger partial charge in [-0.05, 0) is 23.7 Å². The largest absolute Gasteiger partial charge is 0.462 e. The fraction of sp³-hybridized carbons (Fsp3) is 0.533. The zero-order valence-corrected chi connectivity index (χ0v) is 12.6. The Bertz CT molecular complexity index is 685. The van der Waals surface area contributed by atoms with Crippen molar-refractivity contribution in [3.8, 4) is 11.8 Å². The van der Waals surface area contributed by atoms with E-state index in [0.717, 1.165) is 0 Å². The van der Waals surface area contributed by atoms with E-state index in [1.54, 1.807) is 18.2 Å². The lowest BCUT2D eigenvalue weighted by atomic mass is 9.95. The van der Waals surface area contributed by atoms with E-state index < -0.39 is 24.7 Å². The standard InChI is InChI=1S/C15H16N4O3/c1-15(2,3)14-21-12-11(18-19-17)9-6-8(7-16)4-5-10(9)20-13(12)22-14/h4-6,11-14H,1-3H3. The Morgan fingerprint density at radius 3 is 2.73 bits per heavy atom. The van der Waals surface area contributed by atoms with Crippen molar-refractivity contribution in [2.45, 2.75) is 45.5 Å². The van der Waals surface area contributed by atoms with Crippen molar-refractivity contribution in [2.24, 2.45) is 10.5 Å². The molecule has 0 bridgehead atoms. The summed E-state index contributed by atoms with van der Waals surface area (Å²) < 4.78 is 17.6. The second-order valence-electron chi connectivity index (χ2n) is 6.44. The summed E-state index contributed by atoms with van der Waals surface area (Å²) in [4.78, 5) is 2.91. The molecule has 2 aliphatic heterocycles. The summed E-state index contributed by atoms with van der Waals surface area (Å²) in [5.41, 5.74) is 9.77. The van der Waals surface area contributed by atoms with Crippen LogP contribution in [0, 0.1) is 16.7 Å². The lowest BCUT2D eigenvalue weighted by Crippen LogP contribution is -2.37. The monoisotopic (exact) mass is 300 g/mol. The predicted molar refractivity (Wildman–Crippen MR) is 76.7 cm³/mol. The number of azide groups is 1. The highest BCUT2D eigenvalue weighted by molar-refractivity contribution is 5.45. The summed E-state index contributed by atoms with van der Waals surface area (Å²) >= 11 is 0. The minimum absolute atomic E-state index is 0.231. The molecule has 2 aliphatic rings. The van der Waals surface area contributed by atoms with Crippen molar-refractivity contribution < 1.29 is 14.2 Å². The number of hydrogen-bond acceptors (Lipinski definition) is 5. The van der Waals surface area contributed by atoms with E-state index in [0.29, 0.717) is 16.9 Å². The Morgan fingerprint density at radius 2 is 2.09 bits per heavy atom. The topological polar surface area (TPSA) is 100 Å². The van der Waals surface area contributed by atoms with Crippen molar-refractivity contribution >= 4 is 0 Å². The van der Waals surface area contributed by atoms with Crippen molar-refractivity contribution in [1.29, 1.82) is 5.26 Å². The van der Waals surface area contributed by atoms with Crippen LogP contribution in [0.3, 0.4) is 0 Å². The molecule has 0 aliphatic carbocycles. The molecule has 0 radical (unpaired) electrons. The fourth-order valence-corrected chi connectivity index (χ4v) is 2.61. The molecule has 4 unspecified atom stereocenters. The molecule has 0 N–H and O–H groups in total. The molecule has 7 nitrogen and oxygen atoms in total. The third-order valence-electron chi connectivity index (χ3n) is 3.70. The molecule has 1 saturated heterocycles. The Balaban J connectivity index is 2.01. The van der Waals surface area contributed by atoms with Crippen LogP contribution < -0.4 is 4.74 Å². The van der Waals surface area contributed by atoms with Gasteiger partial charge in [-0.2, -0.15) is 5.26 Å². The van der Waals surface area contributed by atoms with Gasteiger partial charge in [-0.3, -0.25) is 0 Å². The van der Waals surface area contributed by atoms with Crippen LogP contribution in [0.15, 0.2) is 23.3 Å². The summed E-state index contributed by atoms with van der Waals surface area (Å²) in [5, 5.41) is 12.9. The lowest BCUT2D eigenvalue weighted by molar-refractivity contribution is -0.153. The summed E-state index contributed by atoms with van der Waals surface area (Å²) in [6, 6.07) is 6.50. The third-order valence-corrected chi connectivity index (χ3v) is 3.70. The van der Waals surface area contributed by atoms with Crippen LogP contribution in [0.2, 0.25) is 0 Å². The molecule has 0 saturated carbocycles. The van der Waals surface area contributed by atoms with E-state index in [4.69, 9.17) is 25.0 Å². The molecule has 4 atom stereocenters. The van der Waals surface area contributed by atoms with Gasteiger partial charge in [0.1, 0.15) is 11.9 Å². The van der Waals surface area contributed by atoms with E-state index in [2.05, 4.69) is 16.1 Å². The number of fused-ring (bicyclic) bond motifs is 2. The Labute approximate surface area is 128 Å². The molecule has 114 valence electrons. The summed E-state index contributed by atoms with van der Waals surface area (Å²) in [7, 11) is 0. The second-order valence-corrected chi connectivity index (χ2v) is 6.44. The zero-order chi connectivity index (χ0) is 15.9. The number of benzene rings is 1. The van der Waals surface area contributed by atoms with Crippen molar-refractivity contribution in [1.82, 2.24) is 0 Å². The van der Waals surface area contributed by atoms with Crippen LogP contribution in [0.5, 0.6) is 5.75 Å². The van der Waals surface area contributed by atoms with Gasteiger partial charge < -0.3 is 14.2 Å². The predicted octanol–water partition coefficient (Wildman–Crippen LogP) is 3.42. The summed E-state index contributed by atoms with van der Waals surface area (Å²) in [6.45, 7) is 6.00. The molecular weight excluding hydrogens is 284 g/mol. The zero-order valence-electron chi connectivity index (χ0n) is 12.6. The third kappa shape index (κ3) is 2.38. The average molecular weight is 300 g/mol. The maximum absolute atomic E-state index is 9.04. The average Bonchev–Trinajstić information content (AvgIpc) is 2.90. The summed E-state index contributed by atoms with van der Waals surface area (Å²) in [5.74, 6) is 0.552. The number of rotatable bonds is 1. The van der Waals surface area contributed by atoms with Crippen molar-refractivity contribution in [3.63, 3.8) is 0 Å². The first-order valence-electron chi connectivity index (χ1n) is 7.00. The molecule has 0 amide bonds. The van der Waals surface area contributed by atoms with Gasteiger partial charge in [0.15, 0.2) is 6.29 Å². The van der Waals surface area contributed by atoms with Gasteiger partial charge in [0.2, 0.25) is 6.29 Å². The van der Waals surface area contributed by atoms with Crippen LogP contribution in [0.4, 0.5) is 0 Å². The first-order chi connectivity index (χ1) is 10.4. The van der Waals surface area contributed by atoms with Crippen LogP contribution in [-0.2, 0) is 9.47 Å².